The van der Waals surface area contributed by atoms with Gasteiger partial charge in [-0.25, -0.2) is 0 Å². The fraction of sp³-hybridized carbons (Fsp3) is 1.00. The van der Waals surface area contributed by atoms with Crippen molar-refractivity contribution in [2.45, 2.75) is 63.6 Å². The van der Waals surface area contributed by atoms with Gasteiger partial charge in [0.25, 0.3) is 0 Å². The van der Waals surface area contributed by atoms with Gasteiger partial charge in [0.2, 0.25) is 0 Å². The first-order chi connectivity index (χ1) is 6.81. The van der Waals surface area contributed by atoms with Crippen molar-refractivity contribution in [1.29, 1.82) is 0 Å². The van der Waals surface area contributed by atoms with Gasteiger partial charge in [0.15, 0.2) is 0 Å². The molecule has 2 nitrogen and oxygen atoms in total. The Morgan fingerprint density at radius 2 is 1.79 bits per heavy atom. The van der Waals surface area contributed by atoms with Crippen molar-refractivity contribution in [3.8, 4) is 0 Å². The van der Waals surface area contributed by atoms with E-state index in [2.05, 4.69) is 12.2 Å². The van der Waals surface area contributed by atoms with Crippen LogP contribution in [0.5, 0.6) is 0 Å². The van der Waals surface area contributed by atoms with Crippen molar-refractivity contribution in [3.05, 3.63) is 0 Å². The first-order valence-electron chi connectivity index (χ1n) is 6.10. The van der Waals surface area contributed by atoms with Crippen LogP contribution >= 0.6 is 0 Å². The highest BCUT2D eigenvalue weighted by atomic mass is 16.5. The molecule has 0 bridgehead atoms. The van der Waals surface area contributed by atoms with Crippen molar-refractivity contribution in [2.24, 2.45) is 5.92 Å². The number of hydrogen-bond acceptors (Lipinski definition) is 2. The van der Waals surface area contributed by atoms with Crippen LogP contribution in [0.2, 0.25) is 0 Å². The van der Waals surface area contributed by atoms with Gasteiger partial charge < -0.3 is 10.1 Å². The molecular formula is C12H23NO. The maximum Gasteiger partial charge on any atom is 0.0724 e. The van der Waals surface area contributed by atoms with Crippen LogP contribution in [0.1, 0.15) is 45.4 Å². The monoisotopic (exact) mass is 197 g/mol. The van der Waals surface area contributed by atoms with Gasteiger partial charge in [-0.3, -0.25) is 0 Å². The Labute approximate surface area is 87.4 Å². The summed E-state index contributed by atoms with van der Waals surface area (Å²) in [5.41, 5.74) is 0. The lowest BCUT2D eigenvalue weighted by molar-refractivity contribution is 0.0278. The van der Waals surface area contributed by atoms with Crippen LogP contribution < -0.4 is 5.32 Å². The summed E-state index contributed by atoms with van der Waals surface area (Å²) in [6, 6.07) is 1.40. The fourth-order valence-corrected chi connectivity index (χ4v) is 2.76. The summed E-state index contributed by atoms with van der Waals surface area (Å²) >= 11 is 0. The number of rotatable bonds is 3. The van der Waals surface area contributed by atoms with E-state index in [1.165, 1.54) is 38.5 Å². The molecule has 0 aromatic rings. The van der Waals surface area contributed by atoms with Crippen molar-refractivity contribution >= 4 is 0 Å². The smallest absolute Gasteiger partial charge is 0.0724 e. The molecule has 2 rings (SSSR count). The first-order valence-corrected chi connectivity index (χ1v) is 6.10. The molecule has 14 heavy (non-hydrogen) atoms. The lowest BCUT2D eigenvalue weighted by Crippen LogP contribution is -2.53. The molecule has 0 aliphatic heterocycles. The van der Waals surface area contributed by atoms with Gasteiger partial charge in [0.05, 0.1) is 6.10 Å². The Hall–Kier alpha value is -0.0800. The summed E-state index contributed by atoms with van der Waals surface area (Å²) in [6.07, 6.45) is 8.51. The molecule has 2 saturated carbocycles. The summed E-state index contributed by atoms with van der Waals surface area (Å²) in [4.78, 5) is 0. The van der Waals surface area contributed by atoms with E-state index >= 15 is 0 Å². The van der Waals surface area contributed by atoms with Crippen LogP contribution in [-0.2, 0) is 4.74 Å². The Balaban J connectivity index is 1.81. The van der Waals surface area contributed by atoms with Gasteiger partial charge in [-0.2, -0.15) is 0 Å². The lowest BCUT2D eigenvalue weighted by atomic mass is 9.79. The summed E-state index contributed by atoms with van der Waals surface area (Å²) in [5.74, 6) is 0.884. The van der Waals surface area contributed by atoms with Gasteiger partial charge >= 0.3 is 0 Å². The maximum atomic E-state index is 5.55. The van der Waals surface area contributed by atoms with Crippen molar-refractivity contribution < 1.29 is 4.74 Å². The Bertz CT molecular complexity index is 183. The standard InChI is InChI=1S/C12H23NO/c1-9-7-8-10(9)13-11-5-3-4-6-12(11)14-2/h9-13H,3-8H2,1-2H3/t9?,10?,11-,12-/m0/s1. The van der Waals surface area contributed by atoms with E-state index in [0.29, 0.717) is 12.1 Å². The second-order valence-corrected chi connectivity index (χ2v) is 4.99. The van der Waals surface area contributed by atoms with Gasteiger partial charge in [0.1, 0.15) is 0 Å². The predicted molar refractivity (Wildman–Crippen MR) is 58.4 cm³/mol. The third-order valence-corrected chi connectivity index (χ3v) is 4.05. The Morgan fingerprint density at radius 3 is 2.36 bits per heavy atom. The largest absolute Gasteiger partial charge is 0.380 e. The van der Waals surface area contributed by atoms with Crippen LogP contribution in [0.15, 0.2) is 0 Å². The van der Waals surface area contributed by atoms with Gasteiger partial charge in [0, 0.05) is 19.2 Å². The molecule has 2 fully saturated rings. The van der Waals surface area contributed by atoms with Crippen LogP contribution in [-0.4, -0.2) is 25.3 Å². The molecule has 2 aliphatic carbocycles. The zero-order chi connectivity index (χ0) is 9.97. The fourth-order valence-electron chi connectivity index (χ4n) is 2.76. The van der Waals surface area contributed by atoms with E-state index in [1.807, 2.05) is 7.11 Å². The number of methoxy groups -OCH3 is 1. The molecule has 82 valence electrons. The highest BCUT2D eigenvalue weighted by molar-refractivity contribution is 4.90. The van der Waals surface area contributed by atoms with Crippen molar-refractivity contribution in [2.75, 3.05) is 7.11 Å². The predicted octanol–water partition coefficient (Wildman–Crippen LogP) is 2.33. The molecule has 1 N–H and O–H groups in total. The van der Waals surface area contributed by atoms with E-state index < -0.39 is 0 Å². The molecule has 2 aliphatic rings. The molecule has 2 unspecified atom stereocenters. The van der Waals surface area contributed by atoms with Gasteiger partial charge in [-0.1, -0.05) is 19.8 Å². The molecule has 0 spiro atoms. The third-order valence-electron chi connectivity index (χ3n) is 4.05. The molecule has 0 aromatic heterocycles. The normalized spacial score (nSPS) is 43.3. The topological polar surface area (TPSA) is 21.3 Å². The van der Waals surface area contributed by atoms with Crippen LogP contribution in [0.4, 0.5) is 0 Å². The minimum atomic E-state index is 0.469. The molecule has 0 aromatic carbocycles. The van der Waals surface area contributed by atoms with E-state index in [-0.39, 0.29) is 0 Å². The molecule has 0 heterocycles. The molecule has 0 radical (unpaired) electrons. The molecule has 0 saturated heterocycles. The summed E-state index contributed by atoms with van der Waals surface area (Å²) in [6.45, 7) is 2.35. The average Bonchev–Trinajstić information content (AvgIpc) is 2.24. The van der Waals surface area contributed by atoms with Gasteiger partial charge in [-0.15, -0.1) is 0 Å². The highest BCUT2D eigenvalue weighted by Gasteiger charge is 2.32. The molecule has 2 heteroatoms. The van der Waals surface area contributed by atoms with Gasteiger partial charge in [-0.05, 0) is 31.6 Å². The second-order valence-electron chi connectivity index (χ2n) is 4.99. The van der Waals surface area contributed by atoms with E-state index in [9.17, 15) is 0 Å². The Kier molecular flexibility index (Phi) is 3.45. The zero-order valence-electron chi connectivity index (χ0n) is 9.46. The van der Waals surface area contributed by atoms with E-state index in [0.717, 1.165) is 12.0 Å². The second kappa shape index (κ2) is 4.63. The van der Waals surface area contributed by atoms with Crippen molar-refractivity contribution in [1.82, 2.24) is 5.32 Å². The van der Waals surface area contributed by atoms with Crippen molar-refractivity contribution in [3.63, 3.8) is 0 Å². The minimum Gasteiger partial charge on any atom is -0.380 e. The summed E-state index contributed by atoms with van der Waals surface area (Å²) < 4.78 is 5.55. The van der Waals surface area contributed by atoms with E-state index in [1.54, 1.807) is 0 Å². The first kappa shape index (κ1) is 10.4. The maximum absolute atomic E-state index is 5.55. The summed E-state index contributed by atoms with van der Waals surface area (Å²) in [5, 5.41) is 3.78. The number of hydrogen-bond donors (Lipinski definition) is 1. The third kappa shape index (κ3) is 2.12. The lowest BCUT2D eigenvalue weighted by Gasteiger charge is -2.41. The Morgan fingerprint density at radius 1 is 1.00 bits per heavy atom. The zero-order valence-corrected chi connectivity index (χ0v) is 9.46. The quantitative estimate of drug-likeness (QED) is 0.750. The highest BCUT2D eigenvalue weighted by Crippen LogP contribution is 2.29. The minimum absolute atomic E-state index is 0.469. The molecule has 4 atom stereocenters. The SMILES string of the molecule is CO[C@H]1CCCC[C@@H]1NC1CCC1C. The van der Waals surface area contributed by atoms with Crippen LogP contribution in [0, 0.1) is 5.92 Å². The van der Waals surface area contributed by atoms with Crippen LogP contribution in [0.3, 0.4) is 0 Å². The molecule has 0 amide bonds. The molecular weight excluding hydrogens is 174 g/mol. The van der Waals surface area contributed by atoms with E-state index in [4.69, 9.17) is 4.74 Å². The number of ether oxygens (including phenoxy) is 1. The average molecular weight is 197 g/mol. The summed E-state index contributed by atoms with van der Waals surface area (Å²) in [7, 11) is 1.86. The van der Waals surface area contributed by atoms with Crippen LogP contribution in [0.25, 0.3) is 0 Å². The number of nitrogens with one attached hydrogen (secondary N) is 1.